The van der Waals surface area contributed by atoms with Crippen molar-refractivity contribution in [2.45, 2.75) is 46.6 Å². The van der Waals surface area contributed by atoms with Gasteiger partial charge in [-0.25, -0.2) is 0 Å². The van der Waals surface area contributed by atoms with E-state index < -0.39 is 0 Å². The van der Waals surface area contributed by atoms with Gasteiger partial charge < -0.3 is 14.8 Å². The van der Waals surface area contributed by atoms with E-state index >= 15 is 0 Å². The topological polar surface area (TPSA) is 35.1 Å². The molecule has 0 aliphatic heterocycles. The Labute approximate surface area is 123 Å². The number of rotatable bonds is 9. The first-order valence-electron chi connectivity index (χ1n) is 7.65. The average Bonchev–Trinajstić information content (AvgIpc) is 2.37. The predicted molar refractivity (Wildman–Crippen MR) is 83.5 cm³/mol. The Morgan fingerprint density at radius 2 is 1.80 bits per heavy atom. The summed E-state index contributed by atoms with van der Waals surface area (Å²) >= 11 is 0. The highest BCUT2D eigenvalue weighted by atomic mass is 16.5. The number of hydrogen-bond donors (Lipinski definition) is 1. The molecule has 3 heteroatoms. The normalized spacial score (nSPS) is 11.3. The molecule has 0 atom stereocenters. The van der Waals surface area contributed by atoms with E-state index in [0.29, 0.717) is 25.2 Å². The molecule has 0 unspecified atom stereocenters. The Bertz CT molecular complexity index is 389. The summed E-state index contributed by atoms with van der Waals surface area (Å²) in [6.45, 7) is 14.0. The van der Waals surface area contributed by atoms with Crippen LogP contribution in [0.3, 0.4) is 0 Å². The summed E-state index contributed by atoms with van der Waals surface area (Å²) in [5, 5.41) is 2.27. The summed E-state index contributed by atoms with van der Waals surface area (Å²) in [5.74, 6) is 1.49. The molecule has 3 nitrogen and oxygen atoms in total. The Hall–Kier alpha value is -1.06. The zero-order valence-corrected chi connectivity index (χ0v) is 13.6. The van der Waals surface area contributed by atoms with Crippen LogP contribution in [0.1, 0.15) is 44.7 Å². The lowest BCUT2D eigenvalue weighted by molar-refractivity contribution is -0.684. The molecule has 1 rings (SSSR count). The van der Waals surface area contributed by atoms with Crippen molar-refractivity contribution in [3.05, 3.63) is 29.3 Å². The second kappa shape index (κ2) is 8.98. The fourth-order valence-corrected chi connectivity index (χ4v) is 2.19. The number of benzene rings is 1. The van der Waals surface area contributed by atoms with Crippen molar-refractivity contribution >= 4 is 0 Å². The molecule has 0 aliphatic carbocycles. The molecule has 0 aliphatic rings. The summed E-state index contributed by atoms with van der Waals surface area (Å²) in [6.07, 6.45) is 0. The SMILES string of the molecule is Cc1cc(OCCOCC[NH2+]C(C)C)ccc1C(C)C. The van der Waals surface area contributed by atoms with Gasteiger partial charge in [0.1, 0.15) is 12.4 Å². The second-order valence-electron chi connectivity index (χ2n) is 5.90. The third kappa shape index (κ3) is 6.40. The van der Waals surface area contributed by atoms with E-state index in [1.807, 2.05) is 0 Å². The van der Waals surface area contributed by atoms with Crippen LogP contribution in [-0.4, -0.2) is 32.4 Å². The van der Waals surface area contributed by atoms with Crippen molar-refractivity contribution < 1.29 is 14.8 Å². The van der Waals surface area contributed by atoms with Gasteiger partial charge in [-0.1, -0.05) is 19.9 Å². The van der Waals surface area contributed by atoms with Gasteiger partial charge in [0.05, 0.1) is 25.8 Å². The highest BCUT2D eigenvalue weighted by molar-refractivity contribution is 5.36. The number of nitrogens with two attached hydrogens (primary N) is 1. The highest BCUT2D eigenvalue weighted by Gasteiger charge is 2.04. The molecule has 0 radical (unpaired) electrons. The molecule has 0 spiro atoms. The number of hydrogen-bond acceptors (Lipinski definition) is 2. The molecule has 114 valence electrons. The van der Waals surface area contributed by atoms with Gasteiger partial charge in [-0.2, -0.15) is 0 Å². The largest absolute Gasteiger partial charge is 0.491 e. The minimum absolute atomic E-state index is 0.560. The second-order valence-corrected chi connectivity index (χ2v) is 5.90. The standard InChI is InChI=1S/C17H29NO2/c1-13(2)17-7-6-16(12-15(17)5)20-11-10-19-9-8-18-14(3)4/h6-7,12-14,18H,8-11H2,1-5H3/p+1. The van der Waals surface area contributed by atoms with Crippen LogP contribution in [0.2, 0.25) is 0 Å². The van der Waals surface area contributed by atoms with Crippen LogP contribution < -0.4 is 10.1 Å². The molecule has 0 bridgehead atoms. The number of aryl methyl sites for hydroxylation is 1. The van der Waals surface area contributed by atoms with Gasteiger partial charge >= 0.3 is 0 Å². The molecule has 0 heterocycles. The molecule has 0 fully saturated rings. The molecule has 1 aromatic carbocycles. The van der Waals surface area contributed by atoms with Crippen LogP contribution in [0.15, 0.2) is 18.2 Å². The van der Waals surface area contributed by atoms with E-state index in [2.05, 4.69) is 58.1 Å². The smallest absolute Gasteiger partial charge is 0.119 e. The number of quaternary nitrogens is 1. The monoisotopic (exact) mass is 280 g/mol. The maximum Gasteiger partial charge on any atom is 0.119 e. The van der Waals surface area contributed by atoms with Crippen molar-refractivity contribution in [2.75, 3.05) is 26.4 Å². The third-order valence-electron chi connectivity index (χ3n) is 3.26. The van der Waals surface area contributed by atoms with Crippen LogP contribution >= 0.6 is 0 Å². The highest BCUT2D eigenvalue weighted by Crippen LogP contribution is 2.23. The Kier molecular flexibility index (Phi) is 7.63. The quantitative estimate of drug-likeness (QED) is 0.705. The zero-order valence-electron chi connectivity index (χ0n) is 13.6. The van der Waals surface area contributed by atoms with Gasteiger partial charge in [-0.15, -0.1) is 0 Å². The van der Waals surface area contributed by atoms with Crippen LogP contribution in [0.4, 0.5) is 0 Å². The van der Waals surface area contributed by atoms with Crippen molar-refractivity contribution in [3.63, 3.8) is 0 Å². The van der Waals surface area contributed by atoms with Crippen molar-refractivity contribution in [2.24, 2.45) is 0 Å². The lowest BCUT2D eigenvalue weighted by Gasteiger charge is -2.12. The summed E-state index contributed by atoms with van der Waals surface area (Å²) in [4.78, 5) is 0. The van der Waals surface area contributed by atoms with Gasteiger partial charge in [0.15, 0.2) is 0 Å². The Morgan fingerprint density at radius 3 is 2.40 bits per heavy atom. The lowest BCUT2D eigenvalue weighted by Crippen LogP contribution is -2.89. The lowest BCUT2D eigenvalue weighted by atomic mass is 9.98. The van der Waals surface area contributed by atoms with Crippen molar-refractivity contribution in [1.29, 1.82) is 0 Å². The summed E-state index contributed by atoms with van der Waals surface area (Å²) in [7, 11) is 0. The molecule has 1 aromatic rings. The summed E-state index contributed by atoms with van der Waals surface area (Å²) in [5.41, 5.74) is 2.68. The van der Waals surface area contributed by atoms with E-state index in [1.54, 1.807) is 0 Å². The van der Waals surface area contributed by atoms with Crippen LogP contribution in [-0.2, 0) is 4.74 Å². The predicted octanol–water partition coefficient (Wildman–Crippen LogP) is 2.49. The van der Waals surface area contributed by atoms with E-state index in [0.717, 1.165) is 18.9 Å². The molecular weight excluding hydrogens is 250 g/mol. The third-order valence-corrected chi connectivity index (χ3v) is 3.26. The minimum Gasteiger partial charge on any atom is -0.491 e. The molecule has 0 aromatic heterocycles. The van der Waals surface area contributed by atoms with E-state index in [4.69, 9.17) is 9.47 Å². The van der Waals surface area contributed by atoms with Gasteiger partial charge in [0.2, 0.25) is 0 Å². The molecular formula is C17H30NO2+. The van der Waals surface area contributed by atoms with Crippen molar-refractivity contribution in [1.82, 2.24) is 0 Å². The van der Waals surface area contributed by atoms with Crippen LogP contribution in [0.5, 0.6) is 5.75 Å². The van der Waals surface area contributed by atoms with Gasteiger partial charge in [0, 0.05) is 0 Å². The fourth-order valence-electron chi connectivity index (χ4n) is 2.19. The first-order chi connectivity index (χ1) is 9.50. The zero-order chi connectivity index (χ0) is 15.0. The first kappa shape index (κ1) is 17.0. The molecule has 0 saturated heterocycles. The van der Waals surface area contributed by atoms with E-state index in [-0.39, 0.29) is 0 Å². The summed E-state index contributed by atoms with van der Waals surface area (Å²) in [6, 6.07) is 6.96. The molecule has 2 N–H and O–H groups in total. The molecule has 20 heavy (non-hydrogen) atoms. The maximum absolute atomic E-state index is 5.71. The number of ether oxygens (including phenoxy) is 2. The Morgan fingerprint density at radius 1 is 1.05 bits per heavy atom. The van der Waals surface area contributed by atoms with E-state index in [1.165, 1.54) is 11.1 Å². The van der Waals surface area contributed by atoms with Gasteiger partial charge in [-0.3, -0.25) is 0 Å². The maximum atomic E-state index is 5.71. The average molecular weight is 280 g/mol. The van der Waals surface area contributed by atoms with Crippen LogP contribution in [0.25, 0.3) is 0 Å². The van der Waals surface area contributed by atoms with E-state index in [9.17, 15) is 0 Å². The first-order valence-corrected chi connectivity index (χ1v) is 7.65. The molecule has 0 amide bonds. The molecule has 0 saturated carbocycles. The van der Waals surface area contributed by atoms with Crippen molar-refractivity contribution in [3.8, 4) is 5.75 Å². The van der Waals surface area contributed by atoms with Gasteiger partial charge in [-0.05, 0) is 49.9 Å². The fraction of sp³-hybridized carbons (Fsp3) is 0.647. The Balaban J connectivity index is 2.21. The summed E-state index contributed by atoms with van der Waals surface area (Å²) < 4.78 is 11.3. The van der Waals surface area contributed by atoms with Gasteiger partial charge in [0.25, 0.3) is 0 Å². The minimum atomic E-state index is 0.560. The van der Waals surface area contributed by atoms with Crippen LogP contribution in [0, 0.1) is 6.92 Å².